The lowest BCUT2D eigenvalue weighted by Gasteiger charge is -2.16. The largest absolute Gasteiger partial charge is 0.361 e. The van der Waals surface area contributed by atoms with Gasteiger partial charge in [-0.05, 0) is 25.1 Å². The maximum atomic E-state index is 5.82. The number of pyridine rings is 1. The maximum absolute atomic E-state index is 5.82. The highest BCUT2D eigenvalue weighted by molar-refractivity contribution is 9.10. The van der Waals surface area contributed by atoms with Crippen molar-refractivity contribution in [2.24, 2.45) is 0 Å². The van der Waals surface area contributed by atoms with E-state index in [2.05, 4.69) is 45.5 Å². The Kier molecular flexibility index (Phi) is 5.35. The third-order valence-electron chi connectivity index (χ3n) is 3.07. The van der Waals surface area contributed by atoms with E-state index in [4.69, 9.17) is 4.74 Å². The third-order valence-corrected chi connectivity index (χ3v) is 5.27. The summed E-state index contributed by atoms with van der Waals surface area (Å²) in [5.41, 5.74) is 1.83. The molecule has 0 radical (unpaired) electrons. The van der Waals surface area contributed by atoms with Crippen molar-refractivity contribution in [3.8, 4) is 11.5 Å². The highest BCUT2D eigenvalue weighted by Crippen LogP contribution is 2.20. The molecule has 2 heterocycles. The van der Waals surface area contributed by atoms with Crippen molar-refractivity contribution in [1.82, 2.24) is 14.5 Å². The van der Waals surface area contributed by atoms with Crippen molar-refractivity contribution in [2.75, 3.05) is 6.61 Å². The molecule has 0 spiro atoms. The number of aromatic nitrogens is 3. The number of halogens is 1. The van der Waals surface area contributed by atoms with E-state index < -0.39 is 8.07 Å². The van der Waals surface area contributed by atoms with Gasteiger partial charge in [-0.25, -0.2) is 4.98 Å². The Hall–Kier alpha value is -0.983. The normalized spacial score (nSPS) is 11.9. The number of aryl methyl sites for hydroxylation is 1. The van der Waals surface area contributed by atoms with Crippen LogP contribution in [-0.4, -0.2) is 29.2 Å². The first-order valence-electron chi connectivity index (χ1n) is 7.08. The van der Waals surface area contributed by atoms with Crippen molar-refractivity contribution in [2.45, 2.75) is 39.3 Å². The van der Waals surface area contributed by atoms with Gasteiger partial charge in [-0.3, -0.25) is 4.98 Å². The highest BCUT2D eigenvalue weighted by atomic mass is 79.9. The SMILES string of the molecule is Cc1cn(COCC[Si](C)(C)C)c(-c2cc(Br)ccn2)n1. The van der Waals surface area contributed by atoms with Crippen LogP contribution in [0.4, 0.5) is 0 Å². The molecule has 21 heavy (non-hydrogen) atoms. The molecule has 0 fully saturated rings. The predicted molar refractivity (Wildman–Crippen MR) is 92.0 cm³/mol. The van der Waals surface area contributed by atoms with Gasteiger partial charge in [0.1, 0.15) is 12.4 Å². The number of hydrogen-bond donors (Lipinski definition) is 0. The molecule has 0 atom stereocenters. The van der Waals surface area contributed by atoms with Crippen LogP contribution in [0.2, 0.25) is 25.7 Å². The van der Waals surface area contributed by atoms with Gasteiger partial charge in [0, 0.05) is 31.5 Å². The molecule has 0 aliphatic heterocycles. The number of ether oxygens (including phenoxy) is 1. The topological polar surface area (TPSA) is 39.9 Å². The Labute approximate surface area is 135 Å². The van der Waals surface area contributed by atoms with Gasteiger partial charge in [-0.2, -0.15) is 0 Å². The fourth-order valence-corrected chi connectivity index (χ4v) is 3.01. The minimum absolute atomic E-state index is 0.523. The average molecular weight is 368 g/mol. The third kappa shape index (κ3) is 5.05. The van der Waals surface area contributed by atoms with E-state index in [1.165, 1.54) is 6.04 Å². The fraction of sp³-hybridized carbons (Fsp3) is 0.467. The van der Waals surface area contributed by atoms with Crippen molar-refractivity contribution < 1.29 is 4.74 Å². The monoisotopic (exact) mass is 367 g/mol. The summed E-state index contributed by atoms with van der Waals surface area (Å²) < 4.78 is 8.84. The standard InChI is InChI=1S/C15H22BrN3OSi/c1-12-10-19(11-20-7-8-21(2,3)4)15(18-12)14-9-13(16)5-6-17-14/h5-6,9-10H,7-8,11H2,1-4H3. The second kappa shape index (κ2) is 6.85. The minimum Gasteiger partial charge on any atom is -0.361 e. The van der Waals surface area contributed by atoms with Crippen molar-refractivity contribution in [3.63, 3.8) is 0 Å². The van der Waals surface area contributed by atoms with Gasteiger partial charge in [-0.15, -0.1) is 0 Å². The van der Waals surface area contributed by atoms with Crippen LogP contribution in [0.1, 0.15) is 5.69 Å². The molecule has 0 N–H and O–H groups in total. The van der Waals surface area contributed by atoms with Crippen LogP contribution < -0.4 is 0 Å². The van der Waals surface area contributed by atoms with E-state index in [0.29, 0.717) is 6.73 Å². The van der Waals surface area contributed by atoms with Crippen LogP contribution in [0.15, 0.2) is 29.0 Å². The first-order valence-corrected chi connectivity index (χ1v) is 11.6. The molecular formula is C15H22BrN3OSi. The number of imidazole rings is 1. The van der Waals surface area contributed by atoms with Crippen LogP contribution >= 0.6 is 15.9 Å². The minimum atomic E-state index is -1.04. The summed E-state index contributed by atoms with van der Waals surface area (Å²) in [4.78, 5) is 8.95. The first kappa shape index (κ1) is 16.4. The van der Waals surface area contributed by atoms with Crippen LogP contribution in [0.25, 0.3) is 11.5 Å². The number of rotatable bonds is 6. The summed E-state index contributed by atoms with van der Waals surface area (Å²) in [6, 6.07) is 5.06. The van der Waals surface area contributed by atoms with Gasteiger partial charge in [0.15, 0.2) is 5.82 Å². The Morgan fingerprint density at radius 3 is 2.76 bits per heavy atom. The second-order valence-electron chi connectivity index (χ2n) is 6.38. The molecule has 0 unspecified atom stereocenters. The lowest BCUT2D eigenvalue weighted by molar-refractivity contribution is 0.0882. The molecule has 0 saturated heterocycles. The van der Waals surface area contributed by atoms with Crippen molar-refractivity contribution >= 4 is 24.0 Å². The molecule has 4 nitrogen and oxygen atoms in total. The summed E-state index contributed by atoms with van der Waals surface area (Å²) in [6.07, 6.45) is 3.78. The highest BCUT2D eigenvalue weighted by Gasteiger charge is 2.13. The van der Waals surface area contributed by atoms with Crippen LogP contribution in [0, 0.1) is 6.92 Å². The first-order chi connectivity index (χ1) is 9.85. The molecule has 2 aromatic heterocycles. The van der Waals surface area contributed by atoms with Gasteiger partial charge in [-0.1, -0.05) is 35.6 Å². The zero-order chi connectivity index (χ0) is 15.5. The molecule has 0 amide bonds. The molecule has 0 saturated carbocycles. The van der Waals surface area contributed by atoms with E-state index in [-0.39, 0.29) is 0 Å². The maximum Gasteiger partial charge on any atom is 0.160 e. The Morgan fingerprint density at radius 1 is 1.33 bits per heavy atom. The lowest BCUT2D eigenvalue weighted by atomic mass is 10.3. The lowest BCUT2D eigenvalue weighted by Crippen LogP contribution is -2.22. The second-order valence-corrected chi connectivity index (χ2v) is 12.9. The molecule has 0 bridgehead atoms. The number of hydrogen-bond acceptors (Lipinski definition) is 3. The zero-order valence-electron chi connectivity index (χ0n) is 13.1. The summed E-state index contributed by atoms with van der Waals surface area (Å²) in [7, 11) is -1.04. The summed E-state index contributed by atoms with van der Waals surface area (Å²) in [5, 5.41) is 0. The van der Waals surface area contributed by atoms with Gasteiger partial charge in [0.25, 0.3) is 0 Å². The summed E-state index contributed by atoms with van der Waals surface area (Å²) in [6.45, 7) is 10.4. The quantitative estimate of drug-likeness (QED) is 0.563. The van der Waals surface area contributed by atoms with E-state index in [1.807, 2.05) is 29.8 Å². The Bertz CT molecular complexity index is 607. The summed E-state index contributed by atoms with van der Waals surface area (Å²) in [5.74, 6) is 0.849. The molecule has 6 heteroatoms. The molecule has 114 valence electrons. The van der Waals surface area contributed by atoms with Crippen LogP contribution in [-0.2, 0) is 11.5 Å². The van der Waals surface area contributed by atoms with E-state index in [0.717, 1.165) is 28.3 Å². The molecular weight excluding hydrogens is 346 g/mol. The predicted octanol–water partition coefficient (Wildman–Crippen LogP) is 4.33. The van der Waals surface area contributed by atoms with E-state index >= 15 is 0 Å². The average Bonchev–Trinajstić information content (AvgIpc) is 2.75. The van der Waals surface area contributed by atoms with Gasteiger partial charge < -0.3 is 9.30 Å². The number of nitrogens with zero attached hydrogens (tertiary/aromatic N) is 3. The molecule has 0 aliphatic carbocycles. The molecule has 2 rings (SSSR count). The Balaban J connectivity index is 2.07. The van der Waals surface area contributed by atoms with E-state index in [9.17, 15) is 0 Å². The Morgan fingerprint density at radius 2 is 2.10 bits per heavy atom. The van der Waals surface area contributed by atoms with E-state index in [1.54, 1.807) is 6.20 Å². The fourth-order valence-electron chi connectivity index (χ4n) is 1.92. The van der Waals surface area contributed by atoms with Crippen LogP contribution in [0.5, 0.6) is 0 Å². The smallest absolute Gasteiger partial charge is 0.160 e. The molecule has 0 aliphatic rings. The van der Waals surface area contributed by atoms with Crippen molar-refractivity contribution in [3.05, 3.63) is 34.7 Å². The zero-order valence-corrected chi connectivity index (χ0v) is 15.6. The van der Waals surface area contributed by atoms with Gasteiger partial charge >= 0.3 is 0 Å². The molecule has 2 aromatic rings. The summed E-state index contributed by atoms with van der Waals surface area (Å²) >= 11 is 3.47. The molecule has 0 aromatic carbocycles. The van der Waals surface area contributed by atoms with Crippen LogP contribution in [0.3, 0.4) is 0 Å². The van der Waals surface area contributed by atoms with Gasteiger partial charge in [0.05, 0.1) is 5.69 Å². The van der Waals surface area contributed by atoms with Crippen molar-refractivity contribution in [1.29, 1.82) is 0 Å². The van der Waals surface area contributed by atoms with Gasteiger partial charge in [0.2, 0.25) is 0 Å².